The van der Waals surface area contributed by atoms with Gasteiger partial charge in [0, 0.05) is 12.6 Å². The van der Waals surface area contributed by atoms with Gasteiger partial charge in [0.1, 0.15) is 11.4 Å². The lowest BCUT2D eigenvalue weighted by molar-refractivity contribution is -0.384. The highest BCUT2D eigenvalue weighted by Gasteiger charge is 2.14. The van der Waals surface area contributed by atoms with Crippen molar-refractivity contribution in [3.05, 3.63) is 63.7 Å². The Morgan fingerprint density at radius 1 is 1.19 bits per heavy atom. The van der Waals surface area contributed by atoms with Crippen LogP contribution in [-0.4, -0.2) is 18.6 Å². The summed E-state index contributed by atoms with van der Waals surface area (Å²) in [5.41, 5.74) is 2.74. The molecule has 2 aromatic carbocycles. The number of anilines is 1. The molecule has 5 nitrogen and oxygen atoms in total. The smallest absolute Gasteiger partial charge is 0.292 e. The van der Waals surface area contributed by atoms with Crippen LogP contribution in [0.5, 0.6) is 5.75 Å². The molecule has 0 heterocycles. The van der Waals surface area contributed by atoms with Gasteiger partial charge in [0.2, 0.25) is 0 Å². The van der Waals surface area contributed by atoms with Crippen molar-refractivity contribution < 1.29 is 9.66 Å². The molecule has 21 heavy (non-hydrogen) atoms. The van der Waals surface area contributed by atoms with Crippen molar-refractivity contribution in [3.8, 4) is 5.75 Å². The minimum Gasteiger partial charge on any atom is -0.497 e. The molecule has 1 N–H and O–H groups in total. The monoisotopic (exact) mass is 286 g/mol. The molecule has 0 aliphatic carbocycles. The van der Waals surface area contributed by atoms with E-state index in [-0.39, 0.29) is 10.6 Å². The van der Waals surface area contributed by atoms with Crippen molar-refractivity contribution in [3.63, 3.8) is 0 Å². The van der Waals surface area contributed by atoms with E-state index in [4.69, 9.17) is 4.74 Å². The van der Waals surface area contributed by atoms with E-state index < -0.39 is 0 Å². The van der Waals surface area contributed by atoms with Crippen LogP contribution in [-0.2, 0) is 6.42 Å². The molecule has 5 heteroatoms. The number of methoxy groups -OCH3 is 1. The van der Waals surface area contributed by atoms with Crippen molar-refractivity contribution in [1.29, 1.82) is 0 Å². The summed E-state index contributed by atoms with van der Waals surface area (Å²) >= 11 is 0. The van der Waals surface area contributed by atoms with Crippen LogP contribution >= 0.6 is 0 Å². The molecule has 2 rings (SSSR count). The van der Waals surface area contributed by atoms with Crippen LogP contribution in [0.15, 0.2) is 42.5 Å². The number of para-hydroxylation sites is 1. The maximum absolute atomic E-state index is 11.0. The van der Waals surface area contributed by atoms with Crippen LogP contribution in [0.1, 0.15) is 11.1 Å². The second-order valence-electron chi connectivity index (χ2n) is 4.75. The molecule has 0 aromatic heterocycles. The number of aryl methyl sites for hydroxylation is 1. The first-order valence-corrected chi connectivity index (χ1v) is 6.72. The summed E-state index contributed by atoms with van der Waals surface area (Å²) in [7, 11) is 1.63. The number of hydrogen-bond donors (Lipinski definition) is 1. The van der Waals surface area contributed by atoms with E-state index in [1.807, 2.05) is 37.3 Å². The number of nitrogens with one attached hydrogen (secondary N) is 1. The second-order valence-corrected chi connectivity index (χ2v) is 4.75. The van der Waals surface area contributed by atoms with E-state index in [2.05, 4.69) is 5.32 Å². The number of benzene rings is 2. The zero-order valence-electron chi connectivity index (χ0n) is 12.1. The topological polar surface area (TPSA) is 64.4 Å². The summed E-state index contributed by atoms with van der Waals surface area (Å²) in [6.45, 7) is 2.50. The molecule has 0 unspecified atom stereocenters. The van der Waals surface area contributed by atoms with Gasteiger partial charge in [0.05, 0.1) is 12.0 Å². The molecule has 0 atom stereocenters. The molecule has 2 aromatic rings. The maximum Gasteiger partial charge on any atom is 0.292 e. The Hall–Kier alpha value is -2.56. The fourth-order valence-electron chi connectivity index (χ4n) is 2.16. The van der Waals surface area contributed by atoms with E-state index in [1.165, 1.54) is 6.07 Å². The van der Waals surface area contributed by atoms with Crippen molar-refractivity contribution in [2.75, 3.05) is 19.0 Å². The first kappa shape index (κ1) is 14.8. The number of hydrogen-bond acceptors (Lipinski definition) is 4. The summed E-state index contributed by atoms with van der Waals surface area (Å²) in [6, 6.07) is 12.9. The molecule has 0 aliphatic heterocycles. The highest BCUT2D eigenvalue weighted by molar-refractivity contribution is 5.65. The van der Waals surface area contributed by atoms with Gasteiger partial charge in [-0.1, -0.05) is 24.3 Å². The van der Waals surface area contributed by atoms with Gasteiger partial charge < -0.3 is 10.1 Å². The van der Waals surface area contributed by atoms with E-state index in [0.717, 1.165) is 23.3 Å². The number of nitrogens with zero attached hydrogens (tertiary/aromatic N) is 1. The van der Waals surface area contributed by atoms with Crippen LogP contribution in [0.4, 0.5) is 11.4 Å². The van der Waals surface area contributed by atoms with Gasteiger partial charge in [0.25, 0.3) is 5.69 Å². The van der Waals surface area contributed by atoms with Crippen LogP contribution in [0.25, 0.3) is 0 Å². The Bertz CT molecular complexity index is 624. The van der Waals surface area contributed by atoms with Crippen molar-refractivity contribution in [1.82, 2.24) is 0 Å². The number of nitro benzene ring substituents is 1. The van der Waals surface area contributed by atoms with Crippen molar-refractivity contribution >= 4 is 11.4 Å². The quantitative estimate of drug-likeness (QED) is 0.651. The third-order valence-electron chi connectivity index (χ3n) is 3.32. The van der Waals surface area contributed by atoms with Gasteiger partial charge in [-0.15, -0.1) is 0 Å². The summed E-state index contributed by atoms with van der Waals surface area (Å²) in [5, 5.41) is 14.2. The fourth-order valence-corrected chi connectivity index (χ4v) is 2.16. The lowest BCUT2D eigenvalue weighted by Crippen LogP contribution is -2.08. The number of ether oxygens (including phenoxy) is 1. The van der Waals surface area contributed by atoms with Gasteiger partial charge in [-0.05, 0) is 36.6 Å². The standard InChI is InChI=1S/C16H18N2O3/c1-12-4-3-5-15(18(19)20)16(12)17-11-10-13-6-8-14(21-2)9-7-13/h3-9,17H,10-11H2,1-2H3. The van der Waals surface area contributed by atoms with Gasteiger partial charge in [-0.2, -0.15) is 0 Å². The van der Waals surface area contributed by atoms with Crippen LogP contribution in [0.2, 0.25) is 0 Å². The summed E-state index contributed by atoms with van der Waals surface area (Å²) in [5.74, 6) is 0.821. The summed E-state index contributed by atoms with van der Waals surface area (Å²) in [4.78, 5) is 10.7. The van der Waals surface area contributed by atoms with Crippen LogP contribution in [0.3, 0.4) is 0 Å². The lowest BCUT2D eigenvalue weighted by Gasteiger charge is -2.10. The first-order valence-electron chi connectivity index (χ1n) is 6.72. The highest BCUT2D eigenvalue weighted by Crippen LogP contribution is 2.27. The first-order chi connectivity index (χ1) is 10.1. The normalized spacial score (nSPS) is 10.2. The average molecular weight is 286 g/mol. The Balaban J connectivity index is 2.01. The molecular formula is C16H18N2O3. The van der Waals surface area contributed by atoms with E-state index in [9.17, 15) is 10.1 Å². The Morgan fingerprint density at radius 2 is 1.90 bits per heavy atom. The molecule has 0 amide bonds. The highest BCUT2D eigenvalue weighted by atomic mass is 16.6. The molecule has 0 radical (unpaired) electrons. The summed E-state index contributed by atoms with van der Waals surface area (Å²) in [6.07, 6.45) is 0.787. The van der Waals surface area contributed by atoms with Gasteiger partial charge >= 0.3 is 0 Å². The predicted octanol–water partition coefficient (Wildman–Crippen LogP) is 3.57. The maximum atomic E-state index is 11.0. The molecule has 110 valence electrons. The molecule has 0 saturated carbocycles. The minimum absolute atomic E-state index is 0.115. The third kappa shape index (κ3) is 3.72. The van der Waals surface area contributed by atoms with Crippen LogP contribution < -0.4 is 10.1 Å². The SMILES string of the molecule is COc1ccc(CCNc2c(C)cccc2[N+](=O)[O-])cc1. The molecular weight excluding hydrogens is 268 g/mol. The molecule has 0 fully saturated rings. The van der Waals surface area contributed by atoms with E-state index >= 15 is 0 Å². The van der Waals surface area contributed by atoms with Gasteiger partial charge in [0.15, 0.2) is 0 Å². The fraction of sp³-hybridized carbons (Fsp3) is 0.250. The lowest BCUT2D eigenvalue weighted by atomic mass is 10.1. The number of rotatable bonds is 6. The zero-order valence-corrected chi connectivity index (χ0v) is 12.1. The van der Waals surface area contributed by atoms with E-state index in [0.29, 0.717) is 12.2 Å². The Labute approximate surface area is 123 Å². The van der Waals surface area contributed by atoms with Gasteiger partial charge in [-0.25, -0.2) is 0 Å². The minimum atomic E-state index is -0.358. The molecule has 0 aliphatic rings. The largest absolute Gasteiger partial charge is 0.497 e. The Kier molecular flexibility index (Phi) is 4.77. The average Bonchev–Trinajstić information content (AvgIpc) is 2.49. The molecule has 0 bridgehead atoms. The summed E-state index contributed by atoms with van der Waals surface area (Å²) < 4.78 is 5.11. The van der Waals surface area contributed by atoms with Crippen molar-refractivity contribution in [2.24, 2.45) is 0 Å². The van der Waals surface area contributed by atoms with E-state index in [1.54, 1.807) is 13.2 Å². The predicted molar refractivity (Wildman–Crippen MR) is 83.0 cm³/mol. The molecule has 0 saturated heterocycles. The Morgan fingerprint density at radius 3 is 2.52 bits per heavy atom. The number of nitro groups is 1. The zero-order chi connectivity index (χ0) is 15.2. The molecule has 0 spiro atoms. The van der Waals surface area contributed by atoms with Gasteiger partial charge in [-0.3, -0.25) is 10.1 Å². The van der Waals surface area contributed by atoms with Crippen LogP contribution in [0, 0.1) is 17.0 Å². The van der Waals surface area contributed by atoms with Crippen molar-refractivity contribution in [2.45, 2.75) is 13.3 Å². The second kappa shape index (κ2) is 6.74. The third-order valence-corrected chi connectivity index (χ3v) is 3.32.